The van der Waals surface area contributed by atoms with Crippen molar-refractivity contribution in [2.75, 3.05) is 19.8 Å². The van der Waals surface area contributed by atoms with Crippen LogP contribution in [-0.2, 0) is 14.3 Å². The zero-order valence-electron chi connectivity index (χ0n) is 8.39. The van der Waals surface area contributed by atoms with E-state index in [4.69, 9.17) is 20.0 Å². The van der Waals surface area contributed by atoms with Gasteiger partial charge in [0.25, 0.3) is 6.47 Å². The summed E-state index contributed by atoms with van der Waals surface area (Å²) in [5.41, 5.74) is -0.133. The van der Waals surface area contributed by atoms with Crippen LogP contribution in [0.25, 0.3) is 0 Å². The van der Waals surface area contributed by atoms with E-state index in [1.54, 1.807) is 0 Å². The third kappa shape index (κ3) is 1.55. The van der Waals surface area contributed by atoms with Crippen molar-refractivity contribution in [1.82, 2.24) is 0 Å². The summed E-state index contributed by atoms with van der Waals surface area (Å²) >= 11 is 0. The van der Waals surface area contributed by atoms with Crippen molar-refractivity contribution in [2.24, 2.45) is 17.3 Å². The molecule has 0 amide bonds. The number of carbonyl (C=O) groups excluding carboxylic acids is 1. The van der Waals surface area contributed by atoms with Gasteiger partial charge in [-0.1, -0.05) is 0 Å². The fourth-order valence-corrected chi connectivity index (χ4v) is 2.57. The summed E-state index contributed by atoms with van der Waals surface area (Å²) in [5.74, 6) is -0.0855. The van der Waals surface area contributed by atoms with Gasteiger partial charge in [0.05, 0.1) is 19.8 Å². The van der Waals surface area contributed by atoms with Gasteiger partial charge in [-0.25, -0.2) is 0 Å². The highest BCUT2D eigenvalue weighted by Crippen LogP contribution is 2.59. The minimum absolute atomic E-state index is 0.0485. The Morgan fingerprint density at radius 1 is 1.73 bits per heavy atom. The molecule has 1 spiro atoms. The van der Waals surface area contributed by atoms with Gasteiger partial charge in [0.2, 0.25) is 0 Å². The van der Waals surface area contributed by atoms with Crippen LogP contribution in [0, 0.1) is 22.7 Å². The molecule has 0 aromatic rings. The summed E-state index contributed by atoms with van der Waals surface area (Å²) in [6.45, 7) is 1.53. The third-order valence-corrected chi connectivity index (χ3v) is 3.61. The lowest BCUT2D eigenvalue weighted by molar-refractivity contribution is -0.131. The molecule has 2 N–H and O–H groups in total. The molecular formula is C10H15NO4. The highest BCUT2D eigenvalue weighted by Gasteiger charge is 2.65. The van der Waals surface area contributed by atoms with Crippen LogP contribution in [0.2, 0.25) is 0 Å². The Balaban J connectivity index is 2.06. The summed E-state index contributed by atoms with van der Waals surface area (Å²) in [6.07, 6.45) is 1.97. The van der Waals surface area contributed by atoms with Crippen LogP contribution in [0.15, 0.2) is 0 Å². The second-order valence-corrected chi connectivity index (χ2v) is 4.29. The zero-order chi connectivity index (χ0) is 10.9. The summed E-state index contributed by atoms with van der Waals surface area (Å²) in [5, 5.41) is 16.4. The standard InChI is InChI=1S/C10H15NO4/c11-2-7(3-12)8-4-14-5-10(8)1-9(10)15-6-13/h2,6-9,11-12H,1,3-5H2. The SMILES string of the molecule is N=CC(CO)C1COCC12CC2OC=O. The van der Waals surface area contributed by atoms with Gasteiger partial charge in [-0.3, -0.25) is 4.79 Å². The first kappa shape index (κ1) is 10.6. The van der Waals surface area contributed by atoms with E-state index in [-0.39, 0.29) is 30.0 Å². The van der Waals surface area contributed by atoms with Crippen LogP contribution in [0.4, 0.5) is 0 Å². The molecule has 1 aliphatic heterocycles. The van der Waals surface area contributed by atoms with Crippen molar-refractivity contribution in [3.8, 4) is 0 Å². The van der Waals surface area contributed by atoms with Crippen LogP contribution < -0.4 is 0 Å². The van der Waals surface area contributed by atoms with Crippen molar-refractivity contribution in [1.29, 1.82) is 5.41 Å². The minimum Gasteiger partial charge on any atom is -0.464 e. The molecule has 1 saturated heterocycles. The van der Waals surface area contributed by atoms with Crippen molar-refractivity contribution in [2.45, 2.75) is 12.5 Å². The molecule has 2 fully saturated rings. The molecule has 0 radical (unpaired) electrons. The Hall–Kier alpha value is -0.940. The smallest absolute Gasteiger partial charge is 0.293 e. The van der Waals surface area contributed by atoms with Gasteiger partial charge in [-0.05, 0) is 6.42 Å². The molecule has 15 heavy (non-hydrogen) atoms. The van der Waals surface area contributed by atoms with E-state index in [1.807, 2.05) is 0 Å². The van der Waals surface area contributed by atoms with E-state index in [0.717, 1.165) is 6.42 Å². The molecular weight excluding hydrogens is 198 g/mol. The van der Waals surface area contributed by atoms with Crippen LogP contribution in [-0.4, -0.2) is 43.7 Å². The van der Waals surface area contributed by atoms with E-state index in [2.05, 4.69) is 0 Å². The van der Waals surface area contributed by atoms with Crippen molar-refractivity contribution in [3.05, 3.63) is 0 Å². The number of hydrogen-bond donors (Lipinski definition) is 2. The molecule has 0 aromatic heterocycles. The first-order valence-electron chi connectivity index (χ1n) is 5.07. The van der Waals surface area contributed by atoms with Gasteiger partial charge in [-0.15, -0.1) is 0 Å². The lowest BCUT2D eigenvalue weighted by Crippen LogP contribution is -2.29. The Labute approximate surface area is 87.9 Å². The third-order valence-electron chi connectivity index (χ3n) is 3.61. The zero-order valence-corrected chi connectivity index (χ0v) is 8.39. The van der Waals surface area contributed by atoms with Crippen LogP contribution >= 0.6 is 0 Å². The van der Waals surface area contributed by atoms with Crippen molar-refractivity contribution in [3.63, 3.8) is 0 Å². The molecule has 1 saturated carbocycles. The average molecular weight is 213 g/mol. The van der Waals surface area contributed by atoms with Gasteiger partial charge in [-0.2, -0.15) is 0 Å². The predicted molar refractivity (Wildman–Crippen MR) is 51.7 cm³/mol. The topological polar surface area (TPSA) is 79.6 Å². The lowest BCUT2D eigenvalue weighted by Gasteiger charge is -2.22. The number of rotatable bonds is 5. The Kier molecular flexibility index (Phi) is 2.75. The number of aliphatic hydroxyl groups excluding tert-OH is 1. The van der Waals surface area contributed by atoms with Gasteiger partial charge in [0.1, 0.15) is 6.10 Å². The van der Waals surface area contributed by atoms with E-state index in [9.17, 15) is 4.79 Å². The number of carbonyl (C=O) groups is 1. The monoisotopic (exact) mass is 213 g/mol. The number of nitrogens with one attached hydrogen (secondary N) is 1. The number of ether oxygens (including phenoxy) is 2. The van der Waals surface area contributed by atoms with Gasteiger partial charge in [0, 0.05) is 23.5 Å². The lowest BCUT2D eigenvalue weighted by atomic mass is 9.82. The van der Waals surface area contributed by atoms with Crippen molar-refractivity contribution >= 4 is 12.7 Å². The predicted octanol–water partition coefficient (Wildman–Crippen LogP) is -0.177. The molecule has 5 heteroatoms. The second kappa shape index (κ2) is 3.90. The van der Waals surface area contributed by atoms with Crippen LogP contribution in [0.3, 0.4) is 0 Å². The molecule has 4 atom stereocenters. The molecule has 5 nitrogen and oxygen atoms in total. The molecule has 4 unspecified atom stereocenters. The molecule has 84 valence electrons. The molecule has 0 aromatic carbocycles. The van der Waals surface area contributed by atoms with E-state index >= 15 is 0 Å². The van der Waals surface area contributed by atoms with Crippen LogP contribution in [0.1, 0.15) is 6.42 Å². The van der Waals surface area contributed by atoms with Crippen molar-refractivity contribution < 1.29 is 19.4 Å². The number of aliphatic hydroxyl groups is 1. The number of hydrogen-bond acceptors (Lipinski definition) is 5. The quantitative estimate of drug-likeness (QED) is 0.490. The largest absolute Gasteiger partial charge is 0.464 e. The Bertz CT molecular complexity index is 270. The van der Waals surface area contributed by atoms with Gasteiger partial charge >= 0.3 is 0 Å². The Morgan fingerprint density at radius 2 is 2.53 bits per heavy atom. The fourth-order valence-electron chi connectivity index (χ4n) is 2.57. The van der Waals surface area contributed by atoms with Crippen LogP contribution in [0.5, 0.6) is 0 Å². The van der Waals surface area contributed by atoms with E-state index in [0.29, 0.717) is 19.7 Å². The summed E-state index contributed by atoms with van der Waals surface area (Å²) < 4.78 is 10.3. The first-order valence-corrected chi connectivity index (χ1v) is 5.07. The molecule has 0 bridgehead atoms. The molecule has 1 aliphatic carbocycles. The molecule has 2 aliphatic rings. The Morgan fingerprint density at radius 3 is 3.13 bits per heavy atom. The summed E-state index contributed by atoms with van der Waals surface area (Å²) in [7, 11) is 0. The maximum atomic E-state index is 10.3. The van der Waals surface area contributed by atoms with E-state index in [1.165, 1.54) is 6.21 Å². The first-order chi connectivity index (χ1) is 7.28. The normalized spacial score (nSPS) is 40.1. The highest BCUT2D eigenvalue weighted by molar-refractivity contribution is 5.58. The maximum absolute atomic E-state index is 10.3. The highest BCUT2D eigenvalue weighted by atomic mass is 16.5. The van der Waals surface area contributed by atoms with Gasteiger partial charge < -0.3 is 20.0 Å². The van der Waals surface area contributed by atoms with E-state index < -0.39 is 0 Å². The second-order valence-electron chi connectivity index (χ2n) is 4.29. The molecule has 1 heterocycles. The average Bonchev–Trinajstić information content (AvgIpc) is 2.74. The van der Waals surface area contributed by atoms with Gasteiger partial charge in [0.15, 0.2) is 0 Å². The summed E-state index contributed by atoms with van der Waals surface area (Å²) in [6, 6.07) is 0. The molecule has 2 rings (SSSR count). The maximum Gasteiger partial charge on any atom is 0.293 e. The summed E-state index contributed by atoms with van der Waals surface area (Å²) in [4.78, 5) is 10.3. The minimum atomic E-state index is -0.187. The fraction of sp³-hybridized carbons (Fsp3) is 0.800.